The molecule has 1 heterocycles. The normalized spacial score (nSPS) is 13.3. The lowest BCUT2D eigenvalue weighted by Gasteiger charge is -2.13. The van der Waals surface area contributed by atoms with Gasteiger partial charge in [0.1, 0.15) is 0 Å². The molecule has 0 fully saturated rings. The lowest BCUT2D eigenvalue weighted by molar-refractivity contribution is -0.137. The monoisotopic (exact) mass is 623 g/mol. The van der Waals surface area contributed by atoms with E-state index >= 15 is 0 Å². The molecule has 0 saturated heterocycles. The van der Waals surface area contributed by atoms with Crippen LogP contribution in [0.5, 0.6) is 0 Å². The Morgan fingerprint density at radius 2 is 0.651 bits per heavy atom. The Hall–Kier alpha value is -1.56. The van der Waals surface area contributed by atoms with Crippen molar-refractivity contribution < 1.29 is 61.7 Å². The van der Waals surface area contributed by atoms with E-state index in [1.54, 1.807) is 0 Å². The molecule has 14 nitrogen and oxygen atoms in total. The number of hydrogen-bond acceptors (Lipinski definition) is 13. The Balaban J connectivity index is 1.63. The maximum Gasteiger partial charge on any atom is 0.253 e. The molecule has 0 aromatic carbocycles. The van der Waals surface area contributed by atoms with E-state index in [0.29, 0.717) is 132 Å². The molecule has 0 unspecified atom stereocenters. The fourth-order valence-electron chi connectivity index (χ4n) is 3.23. The number of rotatable bonds is 34. The van der Waals surface area contributed by atoms with Crippen molar-refractivity contribution in [3.8, 4) is 0 Å². The van der Waals surface area contributed by atoms with E-state index in [9.17, 15) is 9.59 Å². The number of ether oxygens (including phenoxy) is 11. The van der Waals surface area contributed by atoms with Crippen LogP contribution in [-0.2, 0) is 61.7 Å². The molecule has 0 spiro atoms. The summed E-state index contributed by atoms with van der Waals surface area (Å²) in [5.41, 5.74) is 0. The van der Waals surface area contributed by atoms with E-state index in [2.05, 4.69) is 0 Å². The summed E-state index contributed by atoms with van der Waals surface area (Å²) < 4.78 is 59.7. The summed E-state index contributed by atoms with van der Waals surface area (Å²) in [6, 6.07) is 0. The molecule has 0 saturated carbocycles. The van der Waals surface area contributed by atoms with Gasteiger partial charge in [0, 0.05) is 12.2 Å². The van der Waals surface area contributed by atoms with E-state index in [-0.39, 0.29) is 31.1 Å². The molecular formula is C29H53NO13. The minimum absolute atomic E-state index is 0.226. The first-order valence-electron chi connectivity index (χ1n) is 15.0. The first-order chi connectivity index (χ1) is 21.1. The Morgan fingerprint density at radius 3 is 0.907 bits per heavy atom. The van der Waals surface area contributed by atoms with Crippen LogP contribution >= 0.6 is 0 Å². The van der Waals surface area contributed by atoms with Gasteiger partial charge >= 0.3 is 0 Å². The highest BCUT2D eigenvalue weighted by atomic mass is 16.6. The van der Waals surface area contributed by atoms with Crippen LogP contribution in [0.3, 0.4) is 0 Å². The molecule has 14 heteroatoms. The molecule has 1 rings (SSSR count). The molecule has 0 N–H and O–H groups in total. The fraction of sp³-hybridized carbons (Fsp3) is 0.862. The maximum absolute atomic E-state index is 11.4. The van der Waals surface area contributed by atoms with Gasteiger partial charge in [-0.1, -0.05) is 0 Å². The van der Waals surface area contributed by atoms with Crippen LogP contribution < -0.4 is 0 Å². The molecule has 0 atom stereocenters. The molecule has 1 aliphatic rings. The van der Waals surface area contributed by atoms with Crippen LogP contribution in [0.2, 0.25) is 0 Å². The van der Waals surface area contributed by atoms with Crippen molar-refractivity contribution in [1.82, 2.24) is 4.90 Å². The van der Waals surface area contributed by atoms with Gasteiger partial charge in [0.05, 0.1) is 151 Å². The van der Waals surface area contributed by atoms with Crippen LogP contribution in [-0.4, -0.2) is 168 Å². The van der Waals surface area contributed by atoms with E-state index in [1.807, 2.05) is 13.8 Å². The zero-order valence-electron chi connectivity index (χ0n) is 26.0. The van der Waals surface area contributed by atoms with Crippen LogP contribution in [0.4, 0.5) is 0 Å². The number of carbonyl (C=O) groups excluding carboxylic acids is 2. The van der Waals surface area contributed by atoms with Crippen molar-refractivity contribution in [2.45, 2.75) is 20.0 Å². The molecule has 252 valence electrons. The van der Waals surface area contributed by atoms with Crippen molar-refractivity contribution in [2.75, 3.05) is 145 Å². The molecule has 0 aromatic heterocycles. The molecule has 1 aliphatic heterocycles. The Morgan fingerprint density at radius 1 is 0.419 bits per heavy atom. The third-order valence-electron chi connectivity index (χ3n) is 5.39. The Labute approximate surface area is 256 Å². The zero-order chi connectivity index (χ0) is 31.1. The lowest BCUT2D eigenvalue weighted by atomic mass is 10.5. The average molecular weight is 624 g/mol. The van der Waals surface area contributed by atoms with Crippen molar-refractivity contribution in [1.29, 1.82) is 0 Å². The zero-order valence-corrected chi connectivity index (χ0v) is 26.0. The second-order valence-corrected chi connectivity index (χ2v) is 9.20. The molecule has 2 amide bonds. The largest absolute Gasteiger partial charge is 0.377 e. The van der Waals surface area contributed by atoms with Crippen molar-refractivity contribution in [2.24, 2.45) is 0 Å². The van der Waals surface area contributed by atoms with Crippen LogP contribution in [0.25, 0.3) is 0 Å². The molecule has 0 radical (unpaired) electrons. The summed E-state index contributed by atoms with van der Waals surface area (Å²) in [7, 11) is 0. The van der Waals surface area contributed by atoms with Gasteiger partial charge in [0.2, 0.25) is 0 Å². The smallest absolute Gasteiger partial charge is 0.253 e. The summed E-state index contributed by atoms with van der Waals surface area (Å²) in [5, 5.41) is 0. The second kappa shape index (κ2) is 30.5. The van der Waals surface area contributed by atoms with Gasteiger partial charge in [0.25, 0.3) is 11.8 Å². The highest BCUT2D eigenvalue weighted by Gasteiger charge is 2.22. The Bertz CT molecular complexity index is 663. The van der Waals surface area contributed by atoms with E-state index in [0.717, 1.165) is 4.90 Å². The summed E-state index contributed by atoms with van der Waals surface area (Å²) in [6.07, 6.45) is 2.74. The highest BCUT2D eigenvalue weighted by Crippen LogP contribution is 2.02. The number of nitrogens with zero attached hydrogens (tertiary/aromatic N) is 1. The highest BCUT2D eigenvalue weighted by molar-refractivity contribution is 6.12. The van der Waals surface area contributed by atoms with Crippen molar-refractivity contribution in [3.05, 3.63) is 12.2 Å². The first kappa shape index (κ1) is 39.5. The molecule has 0 bridgehead atoms. The fourth-order valence-corrected chi connectivity index (χ4v) is 3.23. The minimum atomic E-state index is -0.305. The summed E-state index contributed by atoms with van der Waals surface area (Å²) in [6.45, 7) is 14.5. The standard InChI is InChI=1S/C29H53NO13/c1-27(2)43-26-25-42-24-23-41-22-21-40-20-19-39-18-17-38-16-15-37-14-13-36-12-11-35-10-9-34-8-7-33-6-5-30-28(31)3-4-29(30)32/h3-4,27H,5-26H2,1-2H3. The van der Waals surface area contributed by atoms with Crippen LogP contribution in [0.15, 0.2) is 12.2 Å². The van der Waals surface area contributed by atoms with Crippen molar-refractivity contribution in [3.63, 3.8) is 0 Å². The molecular weight excluding hydrogens is 570 g/mol. The van der Waals surface area contributed by atoms with E-state index < -0.39 is 0 Å². The summed E-state index contributed by atoms with van der Waals surface area (Å²) in [4.78, 5) is 23.9. The predicted octanol–water partition coefficient (Wildman–Crippen LogP) is 0.502. The third kappa shape index (κ3) is 26.6. The van der Waals surface area contributed by atoms with Crippen LogP contribution in [0, 0.1) is 0 Å². The Kier molecular flexibility index (Phi) is 28.0. The van der Waals surface area contributed by atoms with Crippen molar-refractivity contribution >= 4 is 11.8 Å². The molecule has 0 aromatic rings. The predicted molar refractivity (Wildman–Crippen MR) is 155 cm³/mol. The van der Waals surface area contributed by atoms with Gasteiger partial charge < -0.3 is 52.1 Å². The number of amides is 2. The van der Waals surface area contributed by atoms with Gasteiger partial charge in [-0.3, -0.25) is 14.5 Å². The third-order valence-corrected chi connectivity index (χ3v) is 5.39. The number of carbonyl (C=O) groups is 2. The lowest BCUT2D eigenvalue weighted by Crippen LogP contribution is -2.33. The summed E-state index contributed by atoms with van der Waals surface area (Å²) in [5.74, 6) is -0.611. The van der Waals surface area contributed by atoms with Gasteiger partial charge in [-0.2, -0.15) is 0 Å². The first-order valence-corrected chi connectivity index (χ1v) is 15.0. The van der Waals surface area contributed by atoms with Gasteiger partial charge in [-0.25, -0.2) is 0 Å². The number of imide groups is 1. The van der Waals surface area contributed by atoms with Gasteiger partial charge in [0.15, 0.2) is 0 Å². The topological polar surface area (TPSA) is 139 Å². The average Bonchev–Trinajstić information content (AvgIpc) is 3.31. The van der Waals surface area contributed by atoms with Gasteiger partial charge in [-0.15, -0.1) is 0 Å². The number of hydrogen-bond donors (Lipinski definition) is 0. The molecule has 0 aliphatic carbocycles. The minimum Gasteiger partial charge on any atom is -0.377 e. The quantitative estimate of drug-likeness (QED) is 0.0727. The summed E-state index contributed by atoms with van der Waals surface area (Å²) >= 11 is 0. The maximum atomic E-state index is 11.4. The van der Waals surface area contributed by atoms with E-state index in [1.165, 1.54) is 12.2 Å². The van der Waals surface area contributed by atoms with Crippen LogP contribution in [0.1, 0.15) is 13.8 Å². The van der Waals surface area contributed by atoms with Gasteiger partial charge in [-0.05, 0) is 13.8 Å². The molecule has 43 heavy (non-hydrogen) atoms. The SMILES string of the molecule is CC(C)OCCOCCOCCOCCOCCOCCOCCOCCOCCOCCOCCN1C(=O)C=CC1=O. The van der Waals surface area contributed by atoms with E-state index in [4.69, 9.17) is 52.1 Å². The second-order valence-electron chi connectivity index (χ2n) is 9.20.